The normalized spacial score (nSPS) is 22.9. The van der Waals surface area contributed by atoms with Gasteiger partial charge in [-0.3, -0.25) is 4.79 Å². The van der Waals surface area contributed by atoms with E-state index in [1.54, 1.807) is 12.1 Å². The SMILES string of the molecule is CCC1c2ccc(O)cc2CCC1C(=O)ON. The van der Waals surface area contributed by atoms with Crippen LogP contribution in [0, 0.1) is 5.92 Å². The summed E-state index contributed by atoms with van der Waals surface area (Å²) in [5.74, 6) is 4.88. The van der Waals surface area contributed by atoms with Gasteiger partial charge in [0.1, 0.15) is 5.75 Å². The number of hydrogen-bond donors (Lipinski definition) is 2. The molecule has 0 radical (unpaired) electrons. The van der Waals surface area contributed by atoms with Gasteiger partial charge < -0.3 is 9.94 Å². The Balaban J connectivity index is 2.36. The average molecular weight is 235 g/mol. The van der Waals surface area contributed by atoms with Gasteiger partial charge in [-0.05, 0) is 48.4 Å². The van der Waals surface area contributed by atoms with Crippen molar-refractivity contribution in [3.63, 3.8) is 0 Å². The van der Waals surface area contributed by atoms with Crippen molar-refractivity contribution in [1.82, 2.24) is 0 Å². The quantitative estimate of drug-likeness (QED) is 0.767. The van der Waals surface area contributed by atoms with Crippen molar-refractivity contribution < 1.29 is 14.7 Å². The highest BCUT2D eigenvalue weighted by atomic mass is 16.7. The molecule has 1 aliphatic carbocycles. The average Bonchev–Trinajstić information content (AvgIpc) is 2.36. The first kappa shape index (κ1) is 11.9. The van der Waals surface area contributed by atoms with Gasteiger partial charge in [-0.25, -0.2) is 0 Å². The van der Waals surface area contributed by atoms with E-state index in [-0.39, 0.29) is 23.6 Å². The topological polar surface area (TPSA) is 72.5 Å². The lowest BCUT2D eigenvalue weighted by atomic mass is 9.74. The molecule has 0 heterocycles. The molecule has 0 amide bonds. The molecule has 0 spiro atoms. The lowest BCUT2D eigenvalue weighted by Gasteiger charge is -2.31. The van der Waals surface area contributed by atoms with Crippen LogP contribution in [-0.4, -0.2) is 11.1 Å². The molecule has 4 heteroatoms. The number of carbonyl (C=O) groups excluding carboxylic acids is 1. The number of fused-ring (bicyclic) bond motifs is 1. The fourth-order valence-corrected chi connectivity index (χ4v) is 2.77. The van der Waals surface area contributed by atoms with Crippen LogP contribution in [0.15, 0.2) is 18.2 Å². The van der Waals surface area contributed by atoms with E-state index in [1.807, 2.05) is 13.0 Å². The molecule has 0 aliphatic heterocycles. The van der Waals surface area contributed by atoms with Crippen LogP contribution < -0.4 is 5.90 Å². The van der Waals surface area contributed by atoms with E-state index in [9.17, 15) is 9.90 Å². The second-order valence-electron chi connectivity index (χ2n) is 4.48. The Morgan fingerprint density at radius 1 is 1.59 bits per heavy atom. The van der Waals surface area contributed by atoms with E-state index in [0.717, 1.165) is 30.4 Å². The zero-order chi connectivity index (χ0) is 12.4. The maximum atomic E-state index is 11.6. The molecule has 0 fully saturated rings. The van der Waals surface area contributed by atoms with Crippen LogP contribution >= 0.6 is 0 Å². The number of aryl methyl sites for hydroxylation is 1. The van der Waals surface area contributed by atoms with E-state index < -0.39 is 0 Å². The Hall–Kier alpha value is -1.55. The molecule has 1 aliphatic rings. The second-order valence-corrected chi connectivity index (χ2v) is 4.48. The minimum absolute atomic E-state index is 0.135. The zero-order valence-electron chi connectivity index (χ0n) is 9.85. The summed E-state index contributed by atoms with van der Waals surface area (Å²) in [5, 5.41) is 9.46. The first-order valence-electron chi connectivity index (χ1n) is 5.89. The van der Waals surface area contributed by atoms with Crippen molar-refractivity contribution in [2.24, 2.45) is 11.8 Å². The third kappa shape index (κ3) is 2.13. The zero-order valence-corrected chi connectivity index (χ0v) is 9.85. The molecular weight excluding hydrogens is 218 g/mol. The number of rotatable bonds is 2. The summed E-state index contributed by atoms with van der Waals surface area (Å²) in [6, 6.07) is 5.34. The lowest BCUT2D eigenvalue weighted by Crippen LogP contribution is -2.30. The van der Waals surface area contributed by atoms with Gasteiger partial charge in [-0.2, -0.15) is 5.90 Å². The maximum Gasteiger partial charge on any atom is 0.328 e. The molecule has 17 heavy (non-hydrogen) atoms. The van der Waals surface area contributed by atoms with Crippen LogP contribution in [0.2, 0.25) is 0 Å². The number of carbonyl (C=O) groups is 1. The van der Waals surface area contributed by atoms with Crippen LogP contribution in [0.5, 0.6) is 5.75 Å². The summed E-state index contributed by atoms with van der Waals surface area (Å²) in [5.41, 5.74) is 2.25. The van der Waals surface area contributed by atoms with Gasteiger partial charge in [-0.1, -0.05) is 13.0 Å². The number of phenols is 1. The van der Waals surface area contributed by atoms with Crippen LogP contribution in [0.1, 0.15) is 36.8 Å². The fraction of sp³-hybridized carbons (Fsp3) is 0.462. The summed E-state index contributed by atoms with van der Waals surface area (Å²) in [7, 11) is 0. The van der Waals surface area contributed by atoms with Crippen LogP contribution in [0.25, 0.3) is 0 Å². The van der Waals surface area contributed by atoms with Gasteiger partial charge in [0.15, 0.2) is 0 Å². The van der Waals surface area contributed by atoms with Crippen molar-refractivity contribution in [2.45, 2.75) is 32.1 Å². The predicted octanol–water partition coefficient (Wildman–Crippen LogP) is 1.87. The summed E-state index contributed by atoms with van der Waals surface area (Å²) in [4.78, 5) is 16.0. The van der Waals surface area contributed by atoms with Crippen LogP contribution in [0.3, 0.4) is 0 Å². The van der Waals surface area contributed by atoms with E-state index >= 15 is 0 Å². The Labute approximate surface area is 100 Å². The molecular formula is C13H17NO3. The van der Waals surface area contributed by atoms with Crippen LogP contribution in [0.4, 0.5) is 0 Å². The van der Waals surface area contributed by atoms with E-state index in [4.69, 9.17) is 5.90 Å². The molecule has 92 valence electrons. The number of nitrogens with two attached hydrogens (primary N) is 1. The van der Waals surface area contributed by atoms with Crippen molar-refractivity contribution >= 4 is 5.97 Å². The third-order valence-electron chi connectivity index (χ3n) is 3.60. The Kier molecular flexibility index (Phi) is 3.33. The molecule has 0 saturated heterocycles. The van der Waals surface area contributed by atoms with Gasteiger partial charge in [0.05, 0.1) is 5.92 Å². The maximum absolute atomic E-state index is 11.6. The first-order valence-corrected chi connectivity index (χ1v) is 5.89. The number of hydrogen-bond acceptors (Lipinski definition) is 4. The number of aromatic hydroxyl groups is 1. The molecule has 0 saturated carbocycles. The molecule has 1 aromatic rings. The van der Waals surface area contributed by atoms with Crippen molar-refractivity contribution in [3.8, 4) is 5.75 Å². The molecule has 0 aromatic heterocycles. The Bertz CT molecular complexity index is 431. The molecule has 3 N–H and O–H groups in total. The van der Waals surface area contributed by atoms with Gasteiger partial charge in [0, 0.05) is 0 Å². The van der Waals surface area contributed by atoms with E-state index in [0.29, 0.717) is 0 Å². The molecule has 4 nitrogen and oxygen atoms in total. The van der Waals surface area contributed by atoms with E-state index in [1.165, 1.54) is 0 Å². The van der Waals surface area contributed by atoms with Gasteiger partial charge in [0.25, 0.3) is 0 Å². The van der Waals surface area contributed by atoms with Crippen molar-refractivity contribution in [2.75, 3.05) is 0 Å². The minimum atomic E-state index is -0.337. The second kappa shape index (κ2) is 4.75. The molecule has 2 atom stereocenters. The third-order valence-corrected chi connectivity index (χ3v) is 3.60. The standard InChI is InChI=1S/C13H17NO3/c1-2-10-11-6-4-9(15)7-8(11)3-5-12(10)13(16)17-14/h4,6-7,10,12,15H,2-3,5,14H2,1H3. The van der Waals surface area contributed by atoms with Gasteiger partial charge >= 0.3 is 5.97 Å². The molecule has 1 aromatic carbocycles. The minimum Gasteiger partial charge on any atom is -0.508 e. The lowest BCUT2D eigenvalue weighted by molar-refractivity contribution is -0.150. The van der Waals surface area contributed by atoms with Gasteiger partial charge in [0.2, 0.25) is 0 Å². The molecule has 2 unspecified atom stereocenters. The van der Waals surface area contributed by atoms with Crippen molar-refractivity contribution in [3.05, 3.63) is 29.3 Å². The van der Waals surface area contributed by atoms with Crippen LogP contribution in [-0.2, 0) is 16.1 Å². The Morgan fingerprint density at radius 2 is 2.35 bits per heavy atom. The highest BCUT2D eigenvalue weighted by Gasteiger charge is 2.34. The predicted molar refractivity (Wildman–Crippen MR) is 63.2 cm³/mol. The Morgan fingerprint density at radius 3 is 3.00 bits per heavy atom. The number of phenolic OH excluding ortho intramolecular Hbond substituents is 1. The van der Waals surface area contributed by atoms with Gasteiger partial charge in [-0.15, -0.1) is 0 Å². The smallest absolute Gasteiger partial charge is 0.328 e. The summed E-state index contributed by atoms with van der Waals surface area (Å²) >= 11 is 0. The largest absolute Gasteiger partial charge is 0.508 e. The first-order chi connectivity index (χ1) is 8.17. The monoisotopic (exact) mass is 235 g/mol. The summed E-state index contributed by atoms with van der Waals surface area (Å²) in [6.07, 6.45) is 2.36. The summed E-state index contributed by atoms with van der Waals surface area (Å²) in [6.45, 7) is 2.05. The molecule has 0 bridgehead atoms. The molecule has 2 rings (SSSR count). The highest BCUT2D eigenvalue weighted by Crippen LogP contribution is 2.39. The van der Waals surface area contributed by atoms with Crippen molar-refractivity contribution in [1.29, 1.82) is 0 Å². The highest BCUT2D eigenvalue weighted by molar-refractivity contribution is 5.74. The fourth-order valence-electron chi connectivity index (χ4n) is 2.77. The van der Waals surface area contributed by atoms with E-state index in [2.05, 4.69) is 4.84 Å². The summed E-state index contributed by atoms with van der Waals surface area (Å²) < 4.78 is 0. The number of benzene rings is 1.